The number of nitrogens with zero attached hydrogens (tertiary/aromatic N) is 2. The van der Waals surface area contributed by atoms with Gasteiger partial charge >= 0.3 is 0 Å². The van der Waals surface area contributed by atoms with E-state index in [1.165, 1.54) is 28.6 Å². The molecule has 4 rings (SSSR count). The van der Waals surface area contributed by atoms with Crippen LogP contribution >= 0.6 is 11.6 Å². The molecule has 3 aromatic rings. The molecule has 0 saturated carbocycles. The lowest BCUT2D eigenvalue weighted by Crippen LogP contribution is -2.50. The number of carbonyl (C=O) groups excluding carboxylic acids is 1. The van der Waals surface area contributed by atoms with Gasteiger partial charge in [-0.2, -0.15) is 4.31 Å². The number of fused-ring (bicyclic) bond motifs is 1. The van der Waals surface area contributed by atoms with Crippen LogP contribution in [0.1, 0.15) is 10.4 Å². The van der Waals surface area contributed by atoms with Crippen molar-refractivity contribution in [1.29, 1.82) is 0 Å². The van der Waals surface area contributed by atoms with E-state index in [0.29, 0.717) is 5.56 Å². The fourth-order valence-corrected chi connectivity index (χ4v) is 5.40. The summed E-state index contributed by atoms with van der Waals surface area (Å²) >= 11 is 6.28. The third-order valence-corrected chi connectivity index (χ3v) is 7.40. The summed E-state index contributed by atoms with van der Waals surface area (Å²) in [5.41, 5.74) is 0.375. The molecule has 0 spiro atoms. The molecule has 0 atom stereocenters. The molecule has 0 N–H and O–H groups in total. The summed E-state index contributed by atoms with van der Waals surface area (Å²) in [5.74, 6) is -0.657. The largest absolute Gasteiger partial charge is 0.336 e. The van der Waals surface area contributed by atoms with Crippen LogP contribution < -0.4 is 0 Å². The highest BCUT2D eigenvalue weighted by Crippen LogP contribution is 2.30. The van der Waals surface area contributed by atoms with Crippen LogP contribution in [0.4, 0.5) is 4.39 Å². The average molecular weight is 433 g/mol. The quantitative estimate of drug-likeness (QED) is 0.633. The van der Waals surface area contributed by atoms with Crippen LogP contribution in [0.25, 0.3) is 10.8 Å². The van der Waals surface area contributed by atoms with Crippen molar-refractivity contribution < 1.29 is 17.6 Å². The number of amides is 1. The molecule has 29 heavy (non-hydrogen) atoms. The molecular formula is C21H18ClFN2O3S. The molecule has 1 aliphatic heterocycles. The maximum Gasteiger partial charge on any atom is 0.253 e. The van der Waals surface area contributed by atoms with Crippen LogP contribution in [0, 0.1) is 5.82 Å². The summed E-state index contributed by atoms with van der Waals surface area (Å²) in [5, 5.41) is 1.83. The van der Waals surface area contributed by atoms with Crippen LogP contribution in [-0.4, -0.2) is 49.7 Å². The Balaban J connectivity index is 1.52. The molecule has 1 amide bonds. The third kappa shape index (κ3) is 3.85. The van der Waals surface area contributed by atoms with E-state index in [0.717, 1.165) is 10.8 Å². The molecule has 3 aromatic carbocycles. The van der Waals surface area contributed by atoms with Gasteiger partial charge in [-0.1, -0.05) is 35.9 Å². The van der Waals surface area contributed by atoms with Crippen molar-refractivity contribution in [2.75, 3.05) is 26.2 Å². The smallest absolute Gasteiger partial charge is 0.253 e. The van der Waals surface area contributed by atoms with Crippen molar-refractivity contribution in [3.05, 3.63) is 77.1 Å². The van der Waals surface area contributed by atoms with Gasteiger partial charge in [0.15, 0.2) is 0 Å². The van der Waals surface area contributed by atoms with E-state index in [1.54, 1.807) is 17.0 Å². The molecule has 0 aliphatic carbocycles. The number of piperazine rings is 1. The molecule has 1 fully saturated rings. The van der Waals surface area contributed by atoms with Crippen molar-refractivity contribution in [2.24, 2.45) is 0 Å². The number of benzene rings is 3. The minimum atomic E-state index is -3.79. The van der Waals surface area contributed by atoms with Gasteiger partial charge < -0.3 is 4.90 Å². The third-order valence-electron chi connectivity index (χ3n) is 5.04. The van der Waals surface area contributed by atoms with Gasteiger partial charge in [0, 0.05) is 31.7 Å². The normalized spacial score (nSPS) is 15.6. The van der Waals surface area contributed by atoms with Gasteiger partial charge in [-0.3, -0.25) is 4.79 Å². The Morgan fingerprint density at radius 1 is 0.897 bits per heavy atom. The van der Waals surface area contributed by atoms with E-state index >= 15 is 0 Å². The van der Waals surface area contributed by atoms with Gasteiger partial charge in [-0.15, -0.1) is 0 Å². The predicted octanol–water partition coefficient (Wildman–Crippen LogP) is 3.78. The maximum atomic E-state index is 13.1. The Morgan fingerprint density at radius 2 is 1.48 bits per heavy atom. The number of halogens is 2. The van der Waals surface area contributed by atoms with E-state index in [4.69, 9.17) is 11.6 Å². The maximum absolute atomic E-state index is 13.1. The zero-order chi connectivity index (χ0) is 20.6. The van der Waals surface area contributed by atoms with Crippen molar-refractivity contribution >= 4 is 38.3 Å². The van der Waals surface area contributed by atoms with E-state index in [-0.39, 0.29) is 42.0 Å². The minimum Gasteiger partial charge on any atom is -0.336 e. The first-order valence-electron chi connectivity index (χ1n) is 9.09. The Hall–Kier alpha value is -2.48. The second-order valence-electron chi connectivity index (χ2n) is 6.83. The summed E-state index contributed by atoms with van der Waals surface area (Å²) in [6.07, 6.45) is 0. The Bertz CT molecular complexity index is 1170. The lowest BCUT2D eigenvalue weighted by molar-refractivity contribution is 0.0698. The minimum absolute atomic E-state index is 0.0659. The first-order chi connectivity index (χ1) is 13.9. The van der Waals surface area contributed by atoms with Gasteiger partial charge in [0.2, 0.25) is 10.0 Å². The van der Waals surface area contributed by atoms with E-state index in [1.807, 2.05) is 24.3 Å². The SMILES string of the molecule is O=C(c1ccc(F)cc1)N1CCN(S(=O)(=O)c2cc3ccccc3cc2Cl)CC1. The van der Waals surface area contributed by atoms with Crippen molar-refractivity contribution in [3.63, 3.8) is 0 Å². The molecule has 150 valence electrons. The molecule has 5 nitrogen and oxygen atoms in total. The van der Waals surface area contributed by atoms with Gasteiger partial charge in [0.1, 0.15) is 10.7 Å². The highest BCUT2D eigenvalue weighted by molar-refractivity contribution is 7.89. The summed E-state index contributed by atoms with van der Waals surface area (Å²) in [6.45, 7) is 0.831. The van der Waals surface area contributed by atoms with E-state index in [2.05, 4.69) is 0 Å². The fourth-order valence-electron chi connectivity index (χ4n) is 3.43. The Labute approximate surface area is 173 Å². The summed E-state index contributed by atoms with van der Waals surface area (Å²) in [4.78, 5) is 14.2. The van der Waals surface area contributed by atoms with Crippen LogP contribution in [-0.2, 0) is 10.0 Å². The first kappa shape index (κ1) is 19.8. The number of sulfonamides is 1. The molecule has 1 heterocycles. The number of hydrogen-bond donors (Lipinski definition) is 0. The Kier molecular flexibility index (Phi) is 5.29. The Morgan fingerprint density at radius 3 is 2.10 bits per heavy atom. The average Bonchev–Trinajstić information content (AvgIpc) is 2.73. The topological polar surface area (TPSA) is 57.7 Å². The second-order valence-corrected chi connectivity index (χ2v) is 9.15. The van der Waals surface area contributed by atoms with Gasteiger partial charge in [-0.05, 0) is 47.2 Å². The molecule has 0 aromatic heterocycles. The van der Waals surface area contributed by atoms with Crippen molar-refractivity contribution in [1.82, 2.24) is 9.21 Å². The zero-order valence-electron chi connectivity index (χ0n) is 15.4. The fraction of sp³-hybridized carbons (Fsp3) is 0.190. The molecule has 0 bridgehead atoms. The summed E-state index contributed by atoms with van der Waals surface area (Å²) in [7, 11) is -3.79. The molecule has 1 aliphatic rings. The summed E-state index contributed by atoms with van der Waals surface area (Å²) < 4.78 is 40.7. The second kappa shape index (κ2) is 7.74. The van der Waals surface area contributed by atoms with Crippen LogP contribution in [0.3, 0.4) is 0 Å². The number of rotatable bonds is 3. The molecular weight excluding hydrogens is 415 g/mol. The van der Waals surface area contributed by atoms with E-state index in [9.17, 15) is 17.6 Å². The van der Waals surface area contributed by atoms with Crippen molar-refractivity contribution in [3.8, 4) is 0 Å². The number of carbonyl (C=O) groups is 1. The molecule has 1 saturated heterocycles. The molecule has 0 radical (unpaired) electrons. The number of hydrogen-bond acceptors (Lipinski definition) is 3. The van der Waals surface area contributed by atoms with E-state index < -0.39 is 15.8 Å². The lowest BCUT2D eigenvalue weighted by atomic mass is 10.1. The van der Waals surface area contributed by atoms with Gasteiger partial charge in [0.05, 0.1) is 5.02 Å². The predicted molar refractivity (Wildman–Crippen MR) is 110 cm³/mol. The van der Waals surface area contributed by atoms with Crippen LogP contribution in [0.2, 0.25) is 5.02 Å². The molecule has 0 unspecified atom stereocenters. The lowest BCUT2D eigenvalue weighted by Gasteiger charge is -2.34. The van der Waals surface area contributed by atoms with Gasteiger partial charge in [-0.25, -0.2) is 12.8 Å². The van der Waals surface area contributed by atoms with Crippen LogP contribution in [0.5, 0.6) is 0 Å². The highest BCUT2D eigenvalue weighted by atomic mass is 35.5. The highest BCUT2D eigenvalue weighted by Gasteiger charge is 2.32. The van der Waals surface area contributed by atoms with Gasteiger partial charge in [0.25, 0.3) is 5.91 Å². The zero-order valence-corrected chi connectivity index (χ0v) is 17.0. The first-order valence-corrected chi connectivity index (χ1v) is 10.9. The van der Waals surface area contributed by atoms with Crippen LogP contribution in [0.15, 0.2) is 65.6 Å². The molecule has 8 heteroatoms. The summed E-state index contributed by atoms with van der Waals surface area (Å²) in [6, 6.07) is 16.0. The standard InChI is InChI=1S/C21H18ClFN2O3S/c22-19-13-16-3-1-2-4-17(16)14-20(19)29(27,28)25-11-9-24(10-12-25)21(26)15-5-7-18(23)8-6-15/h1-8,13-14H,9-12H2. The van der Waals surface area contributed by atoms with Crippen molar-refractivity contribution in [2.45, 2.75) is 4.90 Å². The monoisotopic (exact) mass is 432 g/mol.